The molecule has 3 aromatic rings. The van der Waals surface area contributed by atoms with E-state index in [1.54, 1.807) is 0 Å². The third kappa shape index (κ3) is 5.26. The molecule has 0 spiro atoms. The van der Waals surface area contributed by atoms with Gasteiger partial charge in [-0.2, -0.15) is 0 Å². The highest BCUT2D eigenvalue weighted by Crippen LogP contribution is 2.28. The highest BCUT2D eigenvalue weighted by atomic mass is 16.2. The molecule has 1 heterocycles. The Morgan fingerprint density at radius 2 is 1.55 bits per heavy atom. The van der Waals surface area contributed by atoms with Gasteiger partial charge in [-0.05, 0) is 61.6 Å². The van der Waals surface area contributed by atoms with Crippen LogP contribution in [-0.4, -0.2) is 25.0 Å². The average molecular weight is 414 g/mol. The topological polar surface area (TPSA) is 44.4 Å². The number of hydrogen-bond donors (Lipinski definition) is 2. The summed E-state index contributed by atoms with van der Waals surface area (Å²) in [5.74, 6) is 0.765. The van der Waals surface area contributed by atoms with Crippen LogP contribution in [0.2, 0.25) is 0 Å². The van der Waals surface area contributed by atoms with Gasteiger partial charge in [0.1, 0.15) is 6.04 Å². The summed E-state index contributed by atoms with van der Waals surface area (Å²) >= 11 is 0. The Morgan fingerprint density at radius 1 is 0.903 bits per heavy atom. The minimum atomic E-state index is -0.356. The highest BCUT2D eigenvalue weighted by Gasteiger charge is 2.17. The van der Waals surface area contributed by atoms with Gasteiger partial charge in [-0.1, -0.05) is 55.5 Å². The SMILES string of the molecule is CC1CCN(c2ccc(N[C@H](C)C(=O)Nc3ccccc3-c3ccccc3)cc2)CC1. The van der Waals surface area contributed by atoms with Crippen LogP contribution in [0.15, 0.2) is 78.9 Å². The van der Waals surface area contributed by atoms with Crippen molar-refractivity contribution in [3.05, 3.63) is 78.9 Å². The molecule has 3 aromatic carbocycles. The summed E-state index contributed by atoms with van der Waals surface area (Å²) in [6.07, 6.45) is 2.50. The number of carbonyl (C=O) groups is 1. The summed E-state index contributed by atoms with van der Waals surface area (Å²) in [4.78, 5) is 15.3. The van der Waals surface area contributed by atoms with Crippen molar-refractivity contribution < 1.29 is 4.79 Å². The van der Waals surface area contributed by atoms with Crippen LogP contribution < -0.4 is 15.5 Å². The molecule has 0 aromatic heterocycles. The van der Waals surface area contributed by atoms with E-state index in [9.17, 15) is 4.79 Å². The second-order valence-corrected chi connectivity index (χ2v) is 8.48. The van der Waals surface area contributed by atoms with Gasteiger partial charge in [0.25, 0.3) is 0 Å². The lowest BCUT2D eigenvalue weighted by molar-refractivity contribution is -0.116. The molecule has 0 bridgehead atoms. The number of anilines is 3. The molecule has 0 unspecified atom stereocenters. The van der Waals surface area contributed by atoms with Crippen LogP contribution in [0.1, 0.15) is 26.7 Å². The fourth-order valence-corrected chi connectivity index (χ4v) is 4.05. The molecule has 160 valence electrons. The van der Waals surface area contributed by atoms with Gasteiger partial charge in [0.05, 0.1) is 0 Å². The molecule has 0 saturated carbocycles. The Labute approximate surface area is 185 Å². The Hall–Kier alpha value is -3.27. The largest absolute Gasteiger partial charge is 0.374 e. The van der Waals surface area contributed by atoms with Crippen molar-refractivity contribution in [1.82, 2.24) is 0 Å². The molecule has 4 nitrogen and oxygen atoms in total. The molecule has 1 amide bonds. The molecule has 4 heteroatoms. The summed E-state index contributed by atoms with van der Waals surface area (Å²) in [7, 11) is 0. The zero-order valence-corrected chi connectivity index (χ0v) is 18.3. The molecule has 1 aliphatic rings. The van der Waals surface area contributed by atoms with E-state index in [1.807, 2.05) is 49.4 Å². The number of rotatable bonds is 6. The molecular weight excluding hydrogens is 382 g/mol. The van der Waals surface area contributed by atoms with Crippen LogP contribution in [0.25, 0.3) is 11.1 Å². The zero-order chi connectivity index (χ0) is 21.6. The van der Waals surface area contributed by atoms with E-state index < -0.39 is 0 Å². The van der Waals surface area contributed by atoms with E-state index in [4.69, 9.17) is 0 Å². The van der Waals surface area contributed by atoms with Gasteiger partial charge in [0.2, 0.25) is 5.91 Å². The Bertz CT molecular complexity index is 993. The maximum atomic E-state index is 12.9. The number of amides is 1. The molecule has 1 atom stereocenters. The third-order valence-corrected chi connectivity index (χ3v) is 6.06. The summed E-state index contributed by atoms with van der Waals surface area (Å²) in [6, 6.07) is 26.1. The second kappa shape index (κ2) is 9.69. The van der Waals surface area contributed by atoms with Gasteiger partial charge in [-0.3, -0.25) is 4.79 Å². The molecule has 1 fully saturated rings. The van der Waals surface area contributed by atoms with Crippen LogP contribution in [0.4, 0.5) is 17.1 Å². The molecular formula is C27H31N3O. The first kappa shape index (κ1) is 21.0. The fourth-order valence-electron chi connectivity index (χ4n) is 4.05. The summed E-state index contributed by atoms with van der Waals surface area (Å²) in [5, 5.41) is 6.41. The Balaban J connectivity index is 1.38. The predicted molar refractivity (Wildman–Crippen MR) is 131 cm³/mol. The number of hydrogen-bond acceptors (Lipinski definition) is 3. The summed E-state index contributed by atoms with van der Waals surface area (Å²) in [6.45, 7) is 6.45. The zero-order valence-electron chi connectivity index (χ0n) is 18.3. The van der Waals surface area contributed by atoms with E-state index >= 15 is 0 Å². The quantitative estimate of drug-likeness (QED) is 0.519. The number of para-hydroxylation sites is 1. The van der Waals surface area contributed by atoms with E-state index in [0.29, 0.717) is 0 Å². The fraction of sp³-hybridized carbons (Fsp3) is 0.296. The lowest BCUT2D eigenvalue weighted by atomic mass is 9.99. The summed E-state index contributed by atoms with van der Waals surface area (Å²) < 4.78 is 0. The van der Waals surface area contributed by atoms with Gasteiger partial charge < -0.3 is 15.5 Å². The number of piperidine rings is 1. The highest BCUT2D eigenvalue weighted by molar-refractivity contribution is 5.99. The molecule has 31 heavy (non-hydrogen) atoms. The van der Waals surface area contributed by atoms with Crippen LogP contribution in [0.5, 0.6) is 0 Å². The minimum Gasteiger partial charge on any atom is -0.374 e. The van der Waals surface area contributed by atoms with Crippen molar-refractivity contribution in [3.8, 4) is 11.1 Å². The first-order valence-corrected chi connectivity index (χ1v) is 11.2. The first-order chi connectivity index (χ1) is 15.1. The van der Waals surface area contributed by atoms with Crippen LogP contribution in [0.3, 0.4) is 0 Å². The van der Waals surface area contributed by atoms with Gasteiger partial charge >= 0.3 is 0 Å². The number of nitrogens with zero attached hydrogens (tertiary/aromatic N) is 1. The van der Waals surface area contributed by atoms with Gasteiger partial charge in [0, 0.05) is 35.7 Å². The lowest BCUT2D eigenvalue weighted by Crippen LogP contribution is -2.33. The van der Waals surface area contributed by atoms with Crippen LogP contribution >= 0.6 is 0 Å². The molecule has 4 rings (SSSR count). The molecule has 1 aliphatic heterocycles. The molecule has 1 saturated heterocycles. The minimum absolute atomic E-state index is 0.0579. The van der Waals surface area contributed by atoms with Gasteiger partial charge in [-0.15, -0.1) is 0 Å². The first-order valence-electron chi connectivity index (χ1n) is 11.2. The third-order valence-electron chi connectivity index (χ3n) is 6.06. The van der Waals surface area contributed by atoms with Crippen LogP contribution in [-0.2, 0) is 4.79 Å². The predicted octanol–water partition coefficient (Wildman–Crippen LogP) is 6.03. The summed E-state index contributed by atoms with van der Waals surface area (Å²) in [5.41, 5.74) is 5.13. The van der Waals surface area contributed by atoms with Gasteiger partial charge in [-0.25, -0.2) is 0 Å². The normalized spacial score (nSPS) is 15.4. The monoisotopic (exact) mass is 413 g/mol. The van der Waals surface area contributed by atoms with Crippen molar-refractivity contribution in [1.29, 1.82) is 0 Å². The standard InChI is InChI=1S/C27H31N3O/c1-20-16-18-30(19-17-20)24-14-12-23(13-15-24)28-21(2)27(31)29-26-11-7-6-10-25(26)22-8-4-3-5-9-22/h3-15,20-21,28H,16-19H2,1-2H3,(H,29,31)/t21-/m1/s1. The average Bonchev–Trinajstić information content (AvgIpc) is 2.81. The van der Waals surface area contributed by atoms with Gasteiger partial charge in [0.15, 0.2) is 0 Å². The van der Waals surface area contributed by atoms with Crippen molar-refractivity contribution >= 4 is 23.0 Å². The van der Waals surface area contributed by atoms with Crippen molar-refractivity contribution in [3.63, 3.8) is 0 Å². The van der Waals surface area contributed by atoms with E-state index in [0.717, 1.165) is 41.5 Å². The van der Waals surface area contributed by atoms with E-state index in [1.165, 1.54) is 18.5 Å². The Kier molecular flexibility index (Phi) is 6.56. The lowest BCUT2D eigenvalue weighted by Gasteiger charge is -2.32. The van der Waals surface area contributed by atoms with Crippen molar-refractivity contribution in [2.75, 3.05) is 28.6 Å². The second-order valence-electron chi connectivity index (χ2n) is 8.48. The Morgan fingerprint density at radius 3 is 2.26 bits per heavy atom. The smallest absolute Gasteiger partial charge is 0.246 e. The number of benzene rings is 3. The van der Waals surface area contributed by atoms with E-state index in [-0.39, 0.29) is 11.9 Å². The number of nitrogens with one attached hydrogen (secondary N) is 2. The maximum absolute atomic E-state index is 12.9. The molecule has 2 N–H and O–H groups in total. The van der Waals surface area contributed by atoms with Crippen molar-refractivity contribution in [2.24, 2.45) is 5.92 Å². The molecule has 0 aliphatic carbocycles. The maximum Gasteiger partial charge on any atom is 0.246 e. The van der Waals surface area contributed by atoms with Crippen molar-refractivity contribution in [2.45, 2.75) is 32.7 Å². The number of carbonyl (C=O) groups excluding carboxylic acids is 1. The molecule has 0 radical (unpaired) electrons. The van der Waals surface area contributed by atoms with E-state index in [2.05, 4.69) is 58.9 Å². The van der Waals surface area contributed by atoms with Crippen LogP contribution in [0, 0.1) is 5.92 Å².